The van der Waals surface area contributed by atoms with Crippen molar-refractivity contribution in [3.63, 3.8) is 0 Å². The van der Waals surface area contributed by atoms with Crippen LogP contribution < -0.4 is 14.8 Å². The van der Waals surface area contributed by atoms with E-state index >= 15 is 0 Å². The Balaban J connectivity index is 1.71. The van der Waals surface area contributed by atoms with Gasteiger partial charge in [-0.1, -0.05) is 24.9 Å². The number of hydrogen-bond acceptors (Lipinski definition) is 8. The van der Waals surface area contributed by atoms with Gasteiger partial charge in [0.1, 0.15) is 12.1 Å². The number of allylic oxidation sites excluding steroid dienone is 1. The quantitative estimate of drug-likeness (QED) is 0.392. The van der Waals surface area contributed by atoms with Gasteiger partial charge in [0.05, 0.1) is 23.8 Å². The lowest BCUT2D eigenvalue weighted by Gasteiger charge is -2.30. The van der Waals surface area contributed by atoms with Crippen LogP contribution in [-0.4, -0.2) is 46.0 Å². The molecule has 9 nitrogen and oxygen atoms in total. The maximum Gasteiger partial charge on any atom is 0.338 e. The number of hydrogen-bond donors (Lipinski definition) is 1. The lowest BCUT2D eigenvalue weighted by Crippen LogP contribution is -2.32. The van der Waals surface area contributed by atoms with E-state index < -0.39 is 6.04 Å². The van der Waals surface area contributed by atoms with Gasteiger partial charge in [0.2, 0.25) is 5.95 Å². The van der Waals surface area contributed by atoms with E-state index in [9.17, 15) is 4.79 Å². The molecule has 2 aliphatic rings. The van der Waals surface area contributed by atoms with Gasteiger partial charge in [-0.25, -0.2) is 4.79 Å². The van der Waals surface area contributed by atoms with E-state index in [1.165, 1.54) is 6.42 Å². The fourth-order valence-corrected chi connectivity index (χ4v) is 4.91. The molecule has 1 N–H and O–H groups in total. The molecule has 1 fully saturated rings. The van der Waals surface area contributed by atoms with E-state index in [4.69, 9.17) is 14.2 Å². The molecule has 0 spiro atoms. The maximum atomic E-state index is 13.4. The van der Waals surface area contributed by atoms with Gasteiger partial charge >= 0.3 is 5.97 Å². The summed E-state index contributed by atoms with van der Waals surface area (Å²) >= 11 is 3.63. The molecule has 1 aromatic carbocycles. The van der Waals surface area contributed by atoms with Gasteiger partial charge in [0, 0.05) is 5.70 Å². The molecule has 0 amide bonds. The van der Waals surface area contributed by atoms with E-state index in [2.05, 4.69) is 43.7 Å². The molecule has 33 heavy (non-hydrogen) atoms. The number of fused-ring (bicyclic) bond motifs is 1. The van der Waals surface area contributed by atoms with Crippen LogP contribution in [0.2, 0.25) is 0 Å². The highest BCUT2D eigenvalue weighted by molar-refractivity contribution is 9.10. The zero-order chi connectivity index (χ0) is 23.4. The van der Waals surface area contributed by atoms with Gasteiger partial charge in [-0.05, 0) is 83.1 Å². The van der Waals surface area contributed by atoms with Crippen molar-refractivity contribution in [2.24, 2.45) is 0 Å². The fraction of sp³-hybridized carbons (Fsp3) is 0.565. The highest BCUT2D eigenvalue weighted by atomic mass is 79.9. The maximum absolute atomic E-state index is 13.4. The number of methoxy groups -OCH3 is 1. The predicted molar refractivity (Wildman–Crippen MR) is 126 cm³/mol. The van der Waals surface area contributed by atoms with Crippen LogP contribution in [0, 0.1) is 0 Å². The van der Waals surface area contributed by atoms with Crippen LogP contribution >= 0.6 is 15.9 Å². The van der Waals surface area contributed by atoms with Crippen LogP contribution in [0.1, 0.15) is 70.4 Å². The first kappa shape index (κ1) is 23.5. The van der Waals surface area contributed by atoms with E-state index in [1.54, 1.807) is 11.8 Å². The average molecular weight is 520 g/mol. The molecule has 2 heterocycles. The van der Waals surface area contributed by atoms with E-state index in [0.29, 0.717) is 35.3 Å². The molecule has 1 aromatic heterocycles. The summed E-state index contributed by atoms with van der Waals surface area (Å²) in [5, 5.41) is 15.2. The number of tetrazole rings is 1. The summed E-state index contributed by atoms with van der Waals surface area (Å²) in [5.74, 6) is 1.32. The summed E-state index contributed by atoms with van der Waals surface area (Å²) in [4.78, 5) is 13.4. The number of aromatic nitrogens is 4. The minimum atomic E-state index is -0.567. The molecule has 1 aliphatic carbocycles. The highest BCUT2D eigenvalue weighted by Gasteiger charge is 2.37. The lowest BCUT2D eigenvalue weighted by atomic mass is 9.94. The Morgan fingerprint density at radius 2 is 2.06 bits per heavy atom. The van der Waals surface area contributed by atoms with E-state index in [-0.39, 0.29) is 12.1 Å². The number of rotatable bonds is 8. The third kappa shape index (κ3) is 5.00. The molecule has 10 heteroatoms. The third-order valence-electron chi connectivity index (χ3n) is 6.07. The smallest absolute Gasteiger partial charge is 0.338 e. The molecule has 0 bridgehead atoms. The number of benzene rings is 1. The van der Waals surface area contributed by atoms with Gasteiger partial charge in [0.15, 0.2) is 11.5 Å². The summed E-state index contributed by atoms with van der Waals surface area (Å²) < 4.78 is 19.9. The molecular formula is C23H30BrN5O4. The number of carbonyl (C=O) groups excluding carboxylic acids is 1. The number of anilines is 1. The topological polar surface area (TPSA) is 100 Å². The number of nitrogens with zero attached hydrogens (tertiary/aromatic N) is 4. The molecule has 1 atom stereocenters. The van der Waals surface area contributed by atoms with Crippen molar-refractivity contribution in [1.29, 1.82) is 0 Å². The zero-order valence-electron chi connectivity index (χ0n) is 19.3. The average Bonchev–Trinajstić information content (AvgIpc) is 3.27. The fourth-order valence-electron chi connectivity index (χ4n) is 4.34. The first-order valence-corrected chi connectivity index (χ1v) is 12.3. The molecule has 4 rings (SSSR count). The summed E-state index contributed by atoms with van der Waals surface area (Å²) in [6, 6.07) is 3.23. The van der Waals surface area contributed by atoms with Gasteiger partial charge in [-0.2, -0.15) is 4.68 Å². The van der Waals surface area contributed by atoms with E-state index in [1.807, 2.05) is 19.1 Å². The highest BCUT2D eigenvalue weighted by Crippen LogP contribution is 2.43. The third-order valence-corrected chi connectivity index (χ3v) is 6.66. The van der Waals surface area contributed by atoms with Crippen LogP contribution in [0.25, 0.3) is 0 Å². The van der Waals surface area contributed by atoms with Crippen LogP contribution in [-0.2, 0) is 9.53 Å². The second kappa shape index (κ2) is 10.5. The van der Waals surface area contributed by atoms with Gasteiger partial charge in [0.25, 0.3) is 0 Å². The molecule has 1 saturated carbocycles. The van der Waals surface area contributed by atoms with Crippen LogP contribution in [0.5, 0.6) is 11.5 Å². The standard InChI is InChI=1S/C23H30BrN5O4/c1-4-5-11-32-21-17(24)12-15(13-18(21)31-3)20-19(14(2)25-23-26-27-28-29(20)23)22(30)33-16-9-7-6-8-10-16/h12-13,16,20H,4-11H2,1-3H3,(H,25,26,28). The summed E-state index contributed by atoms with van der Waals surface area (Å²) in [6.45, 7) is 4.55. The summed E-state index contributed by atoms with van der Waals surface area (Å²) in [7, 11) is 1.60. The number of esters is 1. The number of nitrogens with one attached hydrogen (secondary N) is 1. The van der Waals surface area contributed by atoms with Crippen molar-refractivity contribution in [2.45, 2.75) is 70.9 Å². The van der Waals surface area contributed by atoms with Gasteiger partial charge in [-0.3, -0.25) is 0 Å². The zero-order valence-corrected chi connectivity index (χ0v) is 20.9. The second-order valence-corrected chi connectivity index (χ2v) is 9.27. The lowest BCUT2D eigenvalue weighted by molar-refractivity contribution is -0.146. The van der Waals surface area contributed by atoms with Crippen LogP contribution in [0.15, 0.2) is 27.9 Å². The Kier molecular flexibility index (Phi) is 7.52. The Labute approximate surface area is 202 Å². The van der Waals surface area contributed by atoms with Crippen molar-refractivity contribution in [3.8, 4) is 11.5 Å². The van der Waals surface area contributed by atoms with Crippen LogP contribution in [0.3, 0.4) is 0 Å². The van der Waals surface area contributed by atoms with Crippen molar-refractivity contribution >= 4 is 27.8 Å². The molecule has 1 unspecified atom stereocenters. The number of halogens is 1. The summed E-state index contributed by atoms with van der Waals surface area (Å²) in [5.41, 5.74) is 1.93. The monoisotopic (exact) mass is 519 g/mol. The second-order valence-electron chi connectivity index (χ2n) is 8.41. The van der Waals surface area contributed by atoms with E-state index in [0.717, 1.165) is 48.6 Å². The first-order chi connectivity index (χ1) is 16.0. The van der Waals surface area contributed by atoms with Gasteiger partial charge in [-0.15, -0.1) is 0 Å². The molecule has 178 valence electrons. The van der Waals surface area contributed by atoms with Crippen molar-refractivity contribution in [1.82, 2.24) is 20.2 Å². The minimum absolute atomic E-state index is 0.0573. The number of ether oxygens (including phenoxy) is 3. The molecular weight excluding hydrogens is 490 g/mol. The minimum Gasteiger partial charge on any atom is -0.493 e. The predicted octanol–water partition coefficient (Wildman–Crippen LogP) is 4.79. The Morgan fingerprint density at radius 1 is 1.27 bits per heavy atom. The Morgan fingerprint density at radius 3 is 2.79 bits per heavy atom. The largest absolute Gasteiger partial charge is 0.493 e. The number of unbranched alkanes of at least 4 members (excludes halogenated alkanes) is 1. The Bertz CT molecular complexity index is 1030. The molecule has 1 aliphatic heterocycles. The van der Waals surface area contributed by atoms with Crippen molar-refractivity contribution < 1.29 is 19.0 Å². The van der Waals surface area contributed by atoms with Crippen molar-refractivity contribution in [2.75, 3.05) is 19.0 Å². The van der Waals surface area contributed by atoms with Crippen LogP contribution in [0.4, 0.5) is 5.95 Å². The van der Waals surface area contributed by atoms with Gasteiger partial charge < -0.3 is 19.5 Å². The normalized spacial score (nSPS) is 18.5. The molecule has 0 saturated heterocycles. The molecule has 2 aromatic rings. The molecule has 0 radical (unpaired) electrons. The summed E-state index contributed by atoms with van der Waals surface area (Å²) in [6.07, 6.45) is 7.07. The SMILES string of the molecule is CCCCOc1c(Br)cc(C2C(C(=O)OC3CCCCC3)=C(C)Nc3nnnn32)cc1OC. The first-order valence-electron chi connectivity index (χ1n) is 11.5. The Hall–Kier alpha value is -2.62. The van der Waals surface area contributed by atoms with Crippen molar-refractivity contribution in [3.05, 3.63) is 33.4 Å². The number of carbonyl (C=O) groups is 1.